The third-order valence-electron chi connectivity index (χ3n) is 4.75. The Balaban J connectivity index is 1.59. The highest BCUT2D eigenvalue weighted by Gasteiger charge is 2.20. The first-order chi connectivity index (χ1) is 12.9. The summed E-state index contributed by atoms with van der Waals surface area (Å²) < 4.78 is 22.8. The molecule has 1 aliphatic heterocycles. The number of rotatable bonds is 5. The Bertz CT molecular complexity index is 864. The van der Waals surface area contributed by atoms with Gasteiger partial charge in [0.05, 0.1) is 5.75 Å². The summed E-state index contributed by atoms with van der Waals surface area (Å²) in [6.45, 7) is 4.19. The molecule has 0 bridgehead atoms. The van der Waals surface area contributed by atoms with E-state index in [2.05, 4.69) is 29.2 Å². The Kier molecular flexibility index (Phi) is 6.29. The van der Waals surface area contributed by atoms with E-state index in [1.54, 1.807) is 24.3 Å². The van der Waals surface area contributed by atoms with Gasteiger partial charge < -0.3 is 4.90 Å². The maximum atomic E-state index is 12.8. The molecule has 1 fully saturated rings. The molecular weight excluding hydrogens is 360 g/mol. The number of carbonyl (C=O) groups is 1. The van der Waals surface area contributed by atoms with E-state index < -0.39 is 9.84 Å². The second kappa shape index (κ2) is 8.67. The van der Waals surface area contributed by atoms with Crippen LogP contribution in [0.3, 0.4) is 0 Å². The molecule has 0 unspecified atom stereocenters. The van der Waals surface area contributed by atoms with Gasteiger partial charge >= 0.3 is 0 Å². The van der Waals surface area contributed by atoms with E-state index in [1.807, 2.05) is 11.0 Å². The lowest BCUT2D eigenvalue weighted by Crippen LogP contribution is -2.35. The minimum Gasteiger partial charge on any atom is -0.337 e. The Hall–Kier alpha value is -2.18. The number of sulfone groups is 1. The SMILES string of the molecule is CS(=O)(=O)Cc1ccc(C(=O)N2CCCN(Cc3ccccc3)CC2)cc1. The summed E-state index contributed by atoms with van der Waals surface area (Å²) in [6, 6.07) is 17.3. The van der Waals surface area contributed by atoms with Crippen molar-refractivity contribution < 1.29 is 13.2 Å². The van der Waals surface area contributed by atoms with Crippen LogP contribution >= 0.6 is 0 Å². The summed E-state index contributed by atoms with van der Waals surface area (Å²) in [7, 11) is -3.07. The normalized spacial score (nSPS) is 16.1. The number of nitrogens with zero attached hydrogens (tertiary/aromatic N) is 2. The summed E-state index contributed by atoms with van der Waals surface area (Å²) in [5.41, 5.74) is 2.61. The molecule has 27 heavy (non-hydrogen) atoms. The van der Waals surface area contributed by atoms with Crippen LogP contribution in [-0.2, 0) is 22.1 Å². The summed E-state index contributed by atoms with van der Waals surface area (Å²) in [5.74, 6) is 0.0158. The first-order valence-electron chi connectivity index (χ1n) is 9.23. The first kappa shape index (κ1) is 19.6. The van der Waals surface area contributed by atoms with Gasteiger partial charge in [0.15, 0.2) is 9.84 Å². The topological polar surface area (TPSA) is 57.7 Å². The van der Waals surface area contributed by atoms with Crippen molar-refractivity contribution in [2.45, 2.75) is 18.7 Å². The van der Waals surface area contributed by atoms with Crippen LogP contribution in [0.15, 0.2) is 54.6 Å². The lowest BCUT2D eigenvalue weighted by atomic mass is 10.1. The van der Waals surface area contributed by atoms with Crippen LogP contribution in [0, 0.1) is 0 Å². The fourth-order valence-corrected chi connectivity index (χ4v) is 4.20. The molecule has 0 aliphatic carbocycles. The van der Waals surface area contributed by atoms with Gasteiger partial charge in [0, 0.05) is 44.5 Å². The molecule has 5 nitrogen and oxygen atoms in total. The van der Waals surface area contributed by atoms with E-state index >= 15 is 0 Å². The Labute approximate surface area is 161 Å². The predicted octanol–water partition coefficient (Wildman–Crippen LogP) is 2.58. The molecule has 0 atom stereocenters. The summed E-state index contributed by atoms with van der Waals surface area (Å²) in [6.07, 6.45) is 2.16. The van der Waals surface area contributed by atoms with Crippen molar-refractivity contribution in [1.82, 2.24) is 9.80 Å². The fraction of sp³-hybridized carbons (Fsp3) is 0.381. The Morgan fingerprint density at radius 1 is 0.889 bits per heavy atom. The second-order valence-electron chi connectivity index (χ2n) is 7.17. The molecule has 3 rings (SSSR count). The highest BCUT2D eigenvalue weighted by Crippen LogP contribution is 2.14. The lowest BCUT2D eigenvalue weighted by molar-refractivity contribution is 0.0761. The molecule has 0 saturated carbocycles. The fourth-order valence-electron chi connectivity index (χ4n) is 3.40. The number of benzene rings is 2. The zero-order valence-electron chi connectivity index (χ0n) is 15.7. The van der Waals surface area contributed by atoms with Crippen molar-refractivity contribution in [2.24, 2.45) is 0 Å². The van der Waals surface area contributed by atoms with Crippen LogP contribution in [0.5, 0.6) is 0 Å². The smallest absolute Gasteiger partial charge is 0.253 e. The van der Waals surface area contributed by atoms with Gasteiger partial charge in [0.1, 0.15) is 0 Å². The first-order valence-corrected chi connectivity index (χ1v) is 11.3. The largest absolute Gasteiger partial charge is 0.337 e. The van der Waals surface area contributed by atoms with E-state index in [-0.39, 0.29) is 11.7 Å². The van der Waals surface area contributed by atoms with Gasteiger partial charge in [-0.2, -0.15) is 0 Å². The molecule has 2 aromatic rings. The van der Waals surface area contributed by atoms with Crippen molar-refractivity contribution in [3.8, 4) is 0 Å². The van der Waals surface area contributed by atoms with Gasteiger partial charge in [-0.15, -0.1) is 0 Å². The van der Waals surface area contributed by atoms with Crippen LogP contribution in [-0.4, -0.2) is 56.6 Å². The number of carbonyl (C=O) groups excluding carboxylic acids is 1. The third-order valence-corrected chi connectivity index (χ3v) is 5.61. The Morgan fingerprint density at radius 3 is 2.26 bits per heavy atom. The van der Waals surface area contributed by atoms with Gasteiger partial charge in [0.2, 0.25) is 0 Å². The molecule has 0 N–H and O–H groups in total. The predicted molar refractivity (Wildman–Crippen MR) is 107 cm³/mol. The highest BCUT2D eigenvalue weighted by molar-refractivity contribution is 7.89. The van der Waals surface area contributed by atoms with E-state index in [0.29, 0.717) is 17.7 Å². The maximum Gasteiger partial charge on any atom is 0.253 e. The molecule has 0 spiro atoms. The van der Waals surface area contributed by atoms with Crippen molar-refractivity contribution in [3.05, 3.63) is 71.3 Å². The van der Waals surface area contributed by atoms with Crippen LogP contribution < -0.4 is 0 Å². The van der Waals surface area contributed by atoms with Gasteiger partial charge in [-0.25, -0.2) is 8.42 Å². The number of amides is 1. The zero-order chi connectivity index (χ0) is 19.3. The molecule has 0 radical (unpaired) electrons. The highest BCUT2D eigenvalue weighted by atomic mass is 32.2. The van der Waals surface area contributed by atoms with E-state index in [9.17, 15) is 13.2 Å². The van der Waals surface area contributed by atoms with Gasteiger partial charge in [0.25, 0.3) is 5.91 Å². The number of hydrogen-bond acceptors (Lipinski definition) is 4. The molecular formula is C21H26N2O3S. The summed E-state index contributed by atoms with van der Waals surface area (Å²) >= 11 is 0. The molecule has 0 aromatic heterocycles. The van der Waals surface area contributed by atoms with E-state index in [4.69, 9.17) is 0 Å². The number of hydrogen-bond donors (Lipinski definition) is 0. The minimum absolute atomic E-state index is 0.000366. The third kappa shape index (κ3) is 5.91. The monoisotopic (exact) mass is 386 g/mol. The van der Waals surface area contributed by atoms with Crippen LogP contribution in [0.4, 0.5) is 0 Å². The second-order valence-corrected chi connectivity index (χ2v) is 9.31. The molecule has 1 aliphatic rings. The molecule has 144 valence electrons. The molecule has 1 heterocycles. The van der Waals surface area contributed by atoms with Gasteiger partial charge in [-0.05, 0) is 29.7 Å². The average molecular weight is 387 g/mol. The van der Waals surface area contributed by atoms with Crippen LogP contribution in [0.2, 0.25) is 0 Å². The standard InChI is InChI=1S/C21H26N2O3S/c1-27(25,26)17-19-8-10-20(11-9-19)21(24)23-13-5-12-22(14-15-23)16-18-6-3-2-4-7-18/h2-4,6-11H,5,12-17H2,1H3. The molecule has 2 aromatic carbocycles. The molecule has 1 amide bonds. The van der Waals surface area contributed by atoms with E-state index in [0.717, 1.165) is 32.6 Å². The van der Waals surface area contributed by atoms with Crippen molar-refractivity contribution in [1.29, 1.82) is 0 Å². The van der Waals surface area contributed by atoms with Crippen LogP contribution in [0.25, 0.3) is 0 Å². The Morgan fingerprint density at radius 2 is 1.59 bits per heavy atom. The van der Waals surface area contributed by atoms with Crippen molar-refractivity contribution in [2.75, 3.05) is 32.4 Å². The maximum absolute atomic E-state index is 12.8. The van der Waals surface area contributed by atoms with Crippen molar-refractivity contribution in [3.63, 3.8) is 0 Å². The van der Waals surface area contributed by atoms with Gasteiger partial charge in [-0.1, -0.05) is 42.5 Å². The molecule has 6 heteroatoms. The minimum atomic E-state index is -3.07. The van der Waals surface area contributed by atoms with Crippen LogP contribution in [0.1, 0.15) is 27.9 Å². The lowest BCUT2D eigenvalue weighted by Gasteiger charge is -2.22. The van der Waals surface area contributed by atoms with E-state index in [1.165, 1.54) is 11.8 Å². The average Bonchev–Trinajstić information content (AvgIpc) is 2.87. The summed E-state index contributed by atoms with van der Waals surface area (Å²) in [4.78, 5) is 17.1. The zero-order valence-corrected chi connectivity index (χ0v) is 16.5. The summed E-state index contributed by atoms with van der Waals surface area (Å²) in [5, 5.41) is 0. The molecule has 1 saturated heterocycles. The van der Waals surface area contributed by atoms with Crippen molar-refractivity contribution >= 4 is 15.7 Å². The van der Waals surface area contributed by atoms with Gasteiger partial charge in [-0.3, -0.25) is 9.69 Å². The quantitative estimate of drug-likeness (QED) is 0.793.